The van der Waals surface area contributed by atoms with Gasteiger partial charge in [0, 0.05) is 26.2 Å². The van der Waals surface area contributed by atoms with Crippen LogP contribution in [-0.2, 0) is 9.47 Å². The molecule has 2 fully saturated rings. The molecule has 0 spiro atoms. The SMILES string of the molecule is c1ccc(N=C(N2CCOCC2)N2CCOCC2)cc1. The second-order valence-electron chi connectivity index (χ2n) is 4.95. The van der Waals surface area contributed by atoms with Gasteiger partial charge >= 0.3 is 0 Å². The highest BCUT2D eigenvalue weighted by molar-refractivity contribution is 5.83. The van der Waals surface area contributed by atoms with E-state index < -0.39 is 0 Å². The number of hydrogen-bond acceptors (Lipinski definition) is 3. The van der Waals surface area contributed by atoms with Crippen LogP contribution in [0.25, 0.3) is 0 Å². The van der Waals surface area contributed by atoms with Gasteiger partial charge in [-0.05, 0) is 12.1 Å². The highest BCUT2D eigenvalue weighted by Gasteiger charge is 2.22. The Hall–Kier alpha value is -1.59. The Balaban J connectivity index is 1.83. The van der Waals surface area contributed by atoms with Gasteiger partial charge in [0.05, 0.1) is 32.1 Å². The van der Waals surface area contributed by atoms with Crippen molar-refractivity contribution < 1.29 is 9.47 Å². The minimum Gasteiger partial charge on any atom is -0.378 e. The zero-order valence-electron chi connectivity index (χ0n) is 11.7. The van der Waals surface area contributed by atoms with E-state index in [9.17, 15) is 0 Å². The van der Waals surface area contributed by atoms with Crippen molar-refractivity contribution in [3.05, 3.63) is 30.3 Å². The number of morpholine rings is 2. The summed E-state index contributed by atoms with van der Waals surface area (Å²) in [4.78, 5) is 9.51. The third kappa shape index (κ3) is 3.29. The van der Waals surface area contributed by atoms with Gasteiger partial charge in [0.15, 0.2) is 0 Å². The molecule has 0 aliphatic carbocycles. The van der Waals surface area contributed by atoms with Gasteiger partial charge in [-0.25, -0.2) is 4.99 Å². The molecule has 1 aromatic rings. The first-order valence-electron chi connectivity index (χ1n) is 7.22. The summed E-state index contributed by atoms with van der Waals surface area (Å²) in [5.74, 6) is 1.06. The molecule has 0 amide bonds. The van der Waals surface area contributed by atoms with E-state index in [1.165, 1.54) is 0 Å². The standard InChI is InChI=1S/C15H21N3O2/c1-2-4-14(5-3-1)16-15(17-6-10-19-11-7-17)18-8-12-20-13-9-18/h1-5H,6-13H2. The normalized spacial score (nSPS) is 19.8. The zero-order chi connectivity index (χ0) is 13.6. The Morgan fingerprint density at radius 2 is 1.30 bits per heavy atom. The fourth-order valence-electron chi connectivity index (χ4n) is 2.49. The van der Waals surface area contributed by atoms with Crippen LogP contribution in [0.5, 0.6) is 0 Å². The molecule has 0 saturated carbocycles. The van der Waals surface area contributed by atoms with Crippen LogP contribution in [0.3, 0.4) is 0 Å². The molecule has 2 aliphatic heterocycles. The van der Waals surface area contributed by atoms with Gasteiger partial charge in [-0.15, -0.1) is 0 Å². The summed E-state index contributed by atoms with van der Waals surface area (Å²) >= 11 is 0. The number of benzene rings is 1. The molecular formula is C15H21N3O2. The van der Waals surface area contributed by atoms with Gasteiger partial charge in [-0.3, -0.25) is 0 Å². The molecule has 3 rings (SSSR count). The van der Waals surface area contributed by atoms with Crippen LogP contribution in [0.1, 0.15) is 0 Å². The van der Waals surface area contributed by atoms with Gasteiger partial charge < -0.3 is 19.3 Å². The van der Waals surface area contributed by atoms with E-state index in [1.807, 2.05) is 30.3 Å². The van der Waals surface area contributed by atoms with Crippen molar-refractivity contribution in [1.82, 2.24) is 9.80 Å². The predicted octanol–water partition coefficient (Wildman–Crippen LogP) is 1.34. The minimum atomic E-state index is 0.776. The highest BCUT2D eigenvalue weighted by atomic mass is 16.5. The Morgan fingerprint density at radius 1 is 0.800 bits per heavy atom. The second kappa shape index (κ2) is 6.72. The molecular weight excluding hydrogens is 254 g/mol. The Labute approximate surface area is 119 Å². The van der Waals surface area contributed by atoms with Crippen molar-refractivity contribution in [2.45, 2.75) is 0 Å². The van der Waals surface area contributed by atoms with Crippen LogP contribution in [0.15, 0.2) is 35.3 Å². The number of ether oxygens (including phenoxy) is 2. The van der Waals surface area contributed by atoms with Gasteiger partial charge in [0.1, 0.15) is 0 Å². The van der Waals surface area contributed by atoms with Gasteiger partial charge in [-0.2, -0.15) is 0 Å². The molecule has 108 valence electrons. The lowest BCUT2D eigenvalue weighted by Crippen LogP contribution is -2.52. The quantitative estimate of drug-likeness (QED) is 0.572. The maximum absolute atomic E-state index is 5.45. The summed E-state index contributed by atoms with van der Waals surface area (Å²) in [6.45, 7) is 6.73. The van der Waals surface area contributed by atoms with E-state index in [1.54, 1.807) is 0 Å². The third-order valence-electron chi connectivity index (χ3n) is 3.57. The summed E-state index contributed by atoms with van der Waals surface area (Å²) in [5, 5.41) is 0. The molecule has 5 nitrogen and oxygen atoms in total. The predicted molar refractivity (Wildman–Crippen MR) is 78.3 cm³/mol. The average Bonchev–Trinajstić information content (AvgIpc) is 2.55. The van der Waals surface area contributed by atoms with E-state index >= 15 is 0 Å². The van der Waals surface area contributed by atoms with Crippen molar-refractivity contribution in [3.8, 4) is 0 Å². The average molecular weight is 275 g/mol. The van der Waals surface area contributed by atoms with Crippen LogP contribution in [0, 0.1) is 0 Å². The first kappa shape index (κ1) is 13.4. The molecule has 0 unspecified atom stereocenters. The third-order valence-corrected chi connectivity index (χ3v) is 3.57. The van der Waals surface area contributed by atoms with E-state index in [-0.39, 0.29) is 0 Å². The maximum Gasteiger partial charge on any atom is 0.202 e. The highest BCUT2D eigenvalue weighted by Crippen LogP contribution is 2.15. The molecule has 0 radical (unpaired) electrons. The van der Waals surface area contributed by atoms with Crippen LogP contribution in [0.2, 0.25) is 0 Å². The molecule has 2 heterocycles. The lowest BCUT2D eigenvalue weighted by Gasteiger charge is -2.38. The number of nitrogens with zero attached hydrogens (tertiary/aromatic N) is 3. The fourth-order valence-corrected chi connectivity index (χ4v) is 2.49. The van der Waals surface area contributed by atoms with Crippen molar-refractivity contribution in [2.24, 2.45) is 4.99 Å². The molecule has 2 aliphatic rings. The van der Waals surface area contributed by atoms with E-state index in [4.69, 9.17) is 14.5 Å². The van der Waals surface area contributed by atoms with Gasteiger partial charge in [0.2, 0.25) is 5.96 Å². The molecule has 20 heavy (non-hydrogen) atoms. The number of para-hydroxylation sites is 1. The molecule has 2 saturated heterocycles. The fraction of sp³-hybridized carbons (Fsp3) is 0.533. The molecule has 0 N–H and O–H groups in total. The molecule has 0 aromatic heterocycles. The summed E-state index contributed by atoms with van der Waals surface area (Å²) < 4.78 is 10.9. The molecule has 5 heteroatoms. The topological polar surface area (TPSA) is 37.3 Å². The van der Waals surface area contributed by atoms with Crippen molar-refractivity contribution in [3.63, 3.8) is 0 Å². The second-order valence-corrected chi connectivity index (χ2v) is 4.95. The number of hydrogen-bond donors (Lipinski definition) is 0. The van der Waals surface area contributed by atoms with Crippen molar-refractivity contribution in [2.75, 3.05) is 52.6 Å². The smallest absolute Gasteiger partial charge is 0.202 e. The first-order chi connectivity index (χ1) is 9.93. The molecule has 0 bridgehead atoms. The molecule has 0 atom stereocenters. The molecule has 1 aromatic carbocycles. The lowest BCUT2D eigenvalue weighted by molar-refractivity contribution is 0.0422. The lowest BCUT2D eigenvalue weighted by atomic mass is 10.3. The number of aliphatic imine (C=N–C) groups is 1. The summed E-state index contributed by atoms with van der Waals surface area (Å²) in [7, 11) is 0. The van der Waals surface area contributed by atoms with Crippen LogP contribution >= 0.6 is 0 Å². The van der Waals surface area contributed by atoms with Crippen LogP contribution < -0.4 is 0 Å². The van der Waals surface area contributed by atoms with Gasteiger partial charge in [-0.1, -0.05) is 18.2 Å². The van der Waals surface area contributed by atoms with Crippen molar-refractivity contribution in [1.29, 1.82) is 0 Å². The number of rotatable bonds is 1. The Morgan fingerprint density at radius 3 is 1.80 bits per heavy atom. The monoisotopic (exact) mass is 275 g/mol. The van der Waals surface area contributed by atoms with E-state index in [0.717, 1.165) is 64.3 Å². The first-order valence-corrected chi connectivity index (χ1v) is 7.22. The van der Waals surface area contributed by atoms with Gasteiger partial charge in [0.25, 0.3) is 0 Å². The summed E-state index contributed by atoms with van der Waals surface area (Å²) in [6.07, 6.45) is 0. The van der Waals surface area contributed by atoms with Crippen molar-refractivity contribution >= 4 is 11.6 Å². The summed E-state index contributed by atoms with van der Waals surface area (Å²) in [5.41, 5.74) is 1.00. The van der Waals surface area contributed by atoms with Crippen LogP contribution in [0.4, 0.5) is 5.69 Å². The Bertz CT molecular complexity index is 418. The largest absolute Gasteiger partial charge is 0.378 e. The van der Waals surface area contributed by atoms with E-state index in [0.29, 0.717) is 0 Å². The van der Waals surface area contributed by atoms with E-state index in [2.05, 4.69) is 9.80 Å². The minimum absolute atomic E-state index is 0.776. The number of guanidine groups is 1. The maximum atomic E-state index is 5.45. The van der Waals surface area contributed by atoms with Crippen LogP contribution in [-0.4, -0.2) is 68.4 Å². The summed E-state index contributed by atoms with van der Waals surface area (Å²) in [6, 6.07) is 10.1. The zero-order valence-corrected chi connectivity index (χ0v) is 11.7. The Kier molecular flexibility index (Phi) is 4.50.